The number of aromatic nitrogens is 3. The van der Waals surface area contributed by atoms with Crippen molar-refractivity contribution in [1.82, 2.24) is 14.5 Å². The quantitative estimate of drug-likeness (QED) is 0.188. The highest BCUT2D eigenvalue weighted by Crippen LogP contribution is 2.47. The highest BCUT2D eigenvalue weighted by molar-refractivity contribution is 6.24. The predicted molar refractivity (Wildman–Crippen MR) is 212 cm³/mol. The van der Waals surface area contributed by atoms with E-state index in [0.29, 0.717) is 0 Å². The molecule has 0 bridgehead atoms. The van der Waals surface area contributed by atoms with Crippen molar-refractivity contribution in [3.8, 4) is 28.2 Å². The molecule has 5 heteroatoms. The zero-order chi connectivity index (χ0) is 34.2. The molecule has 1 aliphatic rings. The van der Waals surface area contributed by atoms with Gasteiger partial charge in [0.1, 0.15) is 17.5 Å². The molecule has 7 aromatic carbocycles. The lowest BCUT2D eigenvalue weighted by Crippen LogP contribution is -2.18. The third-order valence-electron chi connectivity index (χ3n) is 10.5. The van der Waals surface area contributed by atoms with E-state index < -0.39 is 0 Å². The maximum atomic E-state index is 6.43. The van der Waals surface area contributed by atoms with Crippen LogP contribution in [0.1, 0.15) is 11.1 Å². The van der Waals surface area contributed by atoms with Crippen LogP contribution in [0.4, 0.5) is 17.1 Å². The predicted octanol–water partition coefficient (Wildman–Crippen LogP) is 12.2. The first kappa shape index (κ1) is 28.8. The van der Waals surface area contributed by atoms with Gasteiger partial charge in [0.15, 0.2) is 0 Å². The molecule has 0 aliphatic carbocycles. The molecule has 5 nitrogen and oxygen atoms in total. The second-order valence-corrected chi connectivity index (χ2v) is 13.4. The minimum absolute atomic E-state index is 0.878. The Morgan fingerprint density at radius 3 is 1.90 bits per heavy atom. The van der Waals surface area contributed by atoms with Gasteiger partial charge in [-0.25, -0.2) is 9.97 Å². The number of benzene rings is 7. The number of hydrogen-bond acceptors (Lipinski definition) is 4. The molecule has 1 aliphatic heterocycles. The van der Waals surface area contributed by atoms with Gasteiger partial charge < -0.3 is 13.9 Å². The van der Waals surface area contributed by atoms with Crippen LogP contribution in [-0.4, -0.2) is 14.5 Å². The van der Waals surface area contributed by atoms with Gasteiger partial charge in [-0.15, -0.1) is 0 Å². The summed E-state index contributed by atoms with van der Waals surface area (Å²) < 4.78 is 8.83. The van der Waals surface area contributed by atoms with Crippen LogP contribution in [-0.2, 0) is 6.42 Å². The number of furan rings is 1. The van der Waals surface area contributed by atoms with Gasteiger partial charge in [0.25, 0.3) is 0 Å². The van der Waals surface area contributed by atoms with Crippen LogP contribution in [0.15, 0.2) is 175 Å². The van der Waals surface area contributed by atoms with E-state index in [2.05, 4.69) is 159 Å². The van der Waals surface area contributed by atoms with Crippen molar-refractivity contribution in [2.24, 2.45) is 0 Å². The Hall–Kier alpha value is -6.98. The summed E-state index contributed by atoms with van der Waals surface area (Å²) in [6.07, 6.45) is 2.57. The van der Waals surface area contributed by atoms with Crippen LogP contribution in [0.5, 0.6) is 0 Å². The number of nitrogens with zero attached hydrogens (tertiary/aromatic N) is 4. The molecule has 0 atom stereocenters. The Bertz CT molecular complexity index is 2950. The molecule has 0 saturated heterocycles. The number of para-hydroxylation sites is 3. The standard InChI is InChI=1S/C47H30N4O/c1-2-10-30(11-3-1)39-28-40(49-29-48-39)31-18-20-34(21-19-31)51-43-24-22-35(50-41-15-7-4-12-32(41)26-33-13-5-8-16-42(33)50)27-38(43)36-23-25-45-46(47(36)51)37-14-6-9-17-44(37)52-45/h1-25,27-29H,26H2. The lowest BCUT2D eigenvalue weighted by molar-refractivity contribution is 0.669. The number of hydrogen-bond donors (Lipinski definition) is 0. The molecular weight excluding hydrogens is 637 g/mol. The van der Waals surface area contributed by atoms with Crippen molar-refractivity contribution in [2.75, 3.05) is 4.90 Å². The molecule has 0 N–H and O–H groups in total. The van der Waals surface area contributed by atoms with Gasteiger partial charge in [0.2, 0.25) is 0 Å². The third kappa shape index (κ3) is 4.36. The average molecular weight is 667 g/mol. The molecule has 52 heavy (non-hydrogen) atoms. The van der Waals surface area contributed by atoms with Crippen LogP contribution in [0, 0.1) is 0 Å². The average Bonchev–Trinajstić information content (AvgIpc) is 3.76. The molecule has 0 spiro atoms. The van der Waals surface area contributed by atoms with Gasteiger partial charge in [-0.1, -0.05) is 97.1 Å². The normalized spacial score (nSPS) is 12.5. The molecule has 10 aromatic rings. The Morgan fingerprint density at radius 2 is 1.13 bits per heavy atom. The van der Waals surface area contributed by atoms with E-state index in [1.54, 1.807) is 6.33 Å². The maximum absolute atomic E-state index is 6.43. The first-order valence-electron chi connectivity index (χ1n) is 17.6. The van der Waals surface area contributed by atoms with Crippen molar-refractivity contribution < 1.29 is 4.42 Å². The second-order valence-electron chi connectivity index (χ2n) is 13.4. The van der Waals surface area contributed by atoms with Crippen LogP contribution >= 0.6 is 0 Å². The van der Waals surface area contributed by atoms with Gasteiger partial charge >= 0.3 is 0 Å². The van der Waals surface area contributed by atoms with Gasteiger partial charge in [-0.2, -0.15) is 0 Å². The van der Waals surface area contributed by atoms with E-state index in [9.17, 15) is 0 Å². The summed E-state index contributed by atoms with van der Waals surface area (Å²) in [5.41, 5.74) is 15.2. The van der Waals surface area contributed by atoms with Crippen molar-refractivity contribution in [3.63, 3.8) is 0 Å². The maximum Gasteiger partial charge on any atom is 0.137 e. The summed E-state index contributed by atoms with van der Waals surface area (Å²) in [6.45, 7) is 0. The molecule has 244 valence electrons. The van der Waals surface area contributed by atoms with Crippen molar-refractivity contribution in [1.29, 1.82) is 0 Å². The van der Waals surface area contributed by atoms with Crippen LogP contribution in [0.2, 0.25) is 0 Å². The molecule has 0 unspecified atom stereocenters. The Morgan fingerprint density at radius 1 is 0.481 bits per heavy atom. The SMILES string of the molecule is c1ccc(-c2cc(-c3ccc(-n4c5ccc(N6c7ccccc7Cc7ccccc76)cc5c5ccc6oc7ccccc7c6c54)cc3)ncn2)cc1. The monoisotopic (exact) mass is 666 g/mol. The molecule has 4 heterocycles. The molecule has 3 aromatic heterocycles. The first-order valence-corrected chi connectivity index (χ1v) is 17.6. The van der Waals surface area contributed by atoms with Crippen molar-refractivity contribution >= 4 is 60.8 Å². The lowest BCUT2D eigenvalue weighted by Gasteiger charge is -2.33. The number of anilines is 3. The summed E-state index contributed by atoms with van der Waals surface area (Å²) in [5.74, 6) is 0. The second kappa shape index (κ2) is 11.3. The van der Waals surface area contributed by atoms with E-state index in [4.69, 9.17) is 4.42 Å². The largest absolute Gasteiger partial charge is 0.456 e. The van der Waals surface area contributed by atoms with Gasteiger partial charge in [0.05, 0.1) is 27.8 Å². The first-order chi connectivity index (χ1) is 25.8. The van der Waals surface area contributed by atoms with E-state index >= 15 is 0 Å². The smallest absolute Gasteiger partial charge is 0.137 e. The summed E-state index contributed by atoms with van der Waals surface area (Å²) in [5, 5.41) is 4.60. The summed E-state index contributed by atoms with van der Waals surface area (Å²) >= 11 is 0. The van der Waals surface area contributed by atoms with Gasteiger partial charge in [-0.05, 0) is 77.9 Å². The molecule has 0 radical (unpaired) electrons. The fraction of sp³-hybridized carbons (Fsp3) is 0.0213. The number of rotatable bonds is 4. The lowest BCUT2D eigenvalue weighted by atomic mass is 9.95. The van der Waals surface area contributed by atoms with Crippen LogP contribution in [0.25, 0.3) is 71.9 Å². The van der Waals surface area contributed by atoms with E-state index in [1.807, 2.05) is 24.3 Å². The van der Waals surface area contributed by atoms with Crippen LogP contribution < -0.4 is 4.90 Å². The van der Waals surface area contributed by atoms with E-state index in [0.717, 1.165) is 73.3 Å². The zero-order valence-corrected chi connectivity index (χ0v) is 28.1. The molecule has 11 rings (SSSR count). The summed E-state index contributed by atoms with van der Waals surface area (Å²) in [7, 11) is 0. The van der Waals surface area contributed by atoms with Crippen LogP contribution in [0.3, 0.4) is 0 Å². The Balaban J connectivity index is 1.13. The fourth-order valence-electron chi connectivity index (χ4n) is 8.14. The van der Waals surface area contributed by atoms with Gasteiger partial charge in [-0.3, -0.25) is 0 Å². The van der Waals surface area contributed by atoms with Crippen molar-refractivity contribution in [3.05, 3.63) is 181 Å². The van der Waals surface area contributed by atoms with E-state index in [1.165, 1.54) is 33.3 Å². The van der Waals surface area contributed by atoms with Crippen molar-refractivity contribution in [2.45, 2.75) is 6.42 Å². The zero-order valence-electron chi connectivity index (χ0n) is 28.1. The highest BCUT2D eigenvalue weighted by Gasteiger charge is 2.25. The van der Waals surface area contributed by atoms with Gasteiger partial charge in [0, 0.05) is 56.5 Å². The number of fused-ring (bicyclic) bond motifs is 9. The molecule has 0 saturated carbocycles. The highest BCUT2D eigenvalue weighted by atomic mass is 16.3. The van der Waals surface area contributed by atoms with E-state index in [-0.39, 0.29) is 0 Å². The summed E-state index contributed by atoms with van der Waals surface area (Å²) in [6, 6.07) is 58.1. The molecule has 0 fully saturated rings. The third-order valence-corrected chi connectivity index (χ3v) is 10.5. The fourth-order valence-corrected chi connectivity index (χ4v) is 8.14. The minimum Gasteiger partial charge on any atom is -0.456 e. The Kier molecular flexibility index (Phi) is 6.25. The molecule has 0 amide bonds. The Labute approximate surface area is 299 Å². The topological polar surface area (TPSA) is 47.1 Å². The summed E-state index contributed by atoms with van der Waals surface area (Å²) in [4.78, 5) is 11.6. The molecular formula is C47H30N4O. The minimum atomic E-state index is 0.878.